The summed E-state index contributed by atoms with van der Waals surface area (Å²) in [6.45, 7) is 0.777. The van der Waals surface area contributed by atoms with Gasteiger partial charge in [-0.3, -0.25) is 0 Å². The van der Waals surface area contributed by atoms with Crippen LogP contribution in [0.2, 0.25) is 0 Å². The summed E-state index contributed by atoms with van der Waals surface area (Å²) >= 11 is 0. The second-order valence-corrected chi connectivity index (χ2v) is 2.15. The van der Waals surface area contributed by atoms with E-state index in [1.54, 1.807) is 0 Å². The fourth-order valence-electron chi connectivity index (χ4n) is 0.920. The average molecular weight is 147 g/mol. The van der Waals surface area contributed by atoms with Gasteiger partial charge < -0.3 is 9.57 Å². The molecule has 0 N–H and O–H groups in total. The van der Waals surface area contributed by atoms with Gasteiger partial charge in [-0.1, -0.05) is 0 Å². The van der Waals surface area contributed by atoms with E-state index in [1.807, 2.05) is 0 Å². The topological polar surface area (TPSA) is 61.6 Å². The van der Waals surface area contributed by atoms with Crippen molar-refractivity contribution >= 4 is 0 Å². The Morgan fingerprint density at radius 1 is 1.80 bits per heavy atom. The SMILES string of the molecule is O=[N+]([O-])OCC1CCCO1. The van der Waals surface area contributed by atoms with Crippen molar-refractivity contribution < 1.29 is 14.7 Å². The molecule has 0 aromatic carbocycles. The van der Waals surface area contributed by atoms with Crippen LogP contribution in [0.25, 0.3) is 0 Å². The Morgan fingerprint density at radius 2 is 2.60 bits per heavy atom. The van der Waals surface area contributed by atoms with E-state index in [9.17, 15) is 10.1 Å². The molecule has 1 atom stereocenters. The highest BCUT2D eigenvalue weighted by Crippen LogP contribution is 2.11. The van der Waals surface area contributed by atoms with Gasteiger partial charge in [0.25, 0.3) is 5.09 Å². The van der Waals surface area contributed by atoms with Crippen LogP contribution in [0.4, 0.5) is 0 Å². The van der Waals surface area contributed by atoms with E-state index in [1.165, 1.54) is 0 Å². The van der Waals surface area contributed by atoms with E-state index in [4.69, 9.17) is 4.74 Å². The molecule has 0 saturated carbocycles. The summed E-state index contributed by atoms with van der Waals surface area (Å²) in [5, 5.41) is 8.89. The Bertz CT molecular complexity index is 121. The van der Waals surface area contributed by atoms with Gasteiger partial charge in [-0.15, -0.1) is 10.1 Å². The molecule has 0 bridgehead atoms. The fraction of sp³-hybridized carbons (Fsp3) is 1.00. The number of nitrogens with zero attached hydrogens (tertiary/aromatic N) is 1. The van der Waals surface area contributed by atoms with Gasteiger partial charge in [0.05, 0.1) is 6.10 Å². The molecule has 1 unspecified atom stereocenters. The zero-order valence-corrected chi connectivity index (χ0v) is 5.49. The summed E-state index contributed by atoms with van der Waals surface area (Å²) in [4.78, 5) is 13.8. The number of hydrogen-bond acceptors (Lipinski definition) is 4. The van der Waals surface area contributed by atoms with Crippen molar-refractivity contribution in [3.8, 4) is 0 Å². The summed E-state index contributed by atoms with van der Waals surface area (Å²) in [7, 11) is 0. The molecule has 1 saturated heterocycles. The zero-order chi connectivity index (χ0) is 7.40. The number of rotatable bonds is 3. The highest BCUT2D eigenvalue weighted by Gasteiger charge is 2.16. The fourth-order valence-corrected chi connectivity index (χ4v) is 0.920. The summed E-state index contributed by atoms with van der Waals surface area (Å²) in [5.74, 6) is 0. The molecule has 0 aliphatic carbocycles. The Morgan fingerprint density at radius 3 is 3.10 bits per heavy atom. The van der Waals surface area contributed by atoms with E-state index >= 15 is 0 Å². The lowest BCUT2D eigenvalue weighted by Crippen LogP contribution is -2.16. The number of hydrogen-bond donors (Lipinski definition) is 0. The van der Waals surface area contributed by atoms with Crippen LogP contribution < -0.4 is 0 Å². The minimum absolute atomic E-state index is 0.0644. The molecule has 1 aliphatic rings. The maximum atomic E-state index is 9.68. The molecular formula is C5H9NO4. The highest BCUT2D eigenvalue weighted by molar-refractivity contribution is 4.62. The van der Waals surface area contributed by atoms with Crippen molar-refractivity contribution in [2.45, 2.75) is 18.9 Å². The maximum Gasteiger partial charge on any atom is 0.294 e. The lowest BCUT2D eigenvalue weighted by molar-refractivity contribution is -0.759. The Balaban J connectivity index is 2.07. The van der Waals surface area contributed by atoms with Crippen LogP contribution >= 0.6 is 0 Å². The first-order valence-electron chi connectivity index (χ1n) is 3.18. The summed E-state index contributed by atoms with van der Waals surface area (Å²) < 4.78 is 5.07. The maximum absolute atomic E-state index is 9.68. The van der Waals surface area contributed by atoms with E-state index in [-0.39, 0.29) is 12.7 Å². The predicted molar refractivity (Wildman–Crippen MR) is 31.9 cm³/mol. The van der Waals surface area contributed by atoms with Gasteiger partial charge in [-0.05, 0) is 12.8 Å². The molecule has 0 aromatic heterocycles. The molecule has 10 heavy (non-hydrogen) atoms. The van der Waals surface area contributed by atoms with E-state index in [2.05, 4.69) is 4.84 Å². The minimum atomic E-state index is -0.790. The van der Waals surface area contributed by atoms with E-state index in [0.717, 1.165) is 12.8 Å². The van der Waals surface area contributed by atoms with Crippen LogP contribution in [-0.4, -0.2) is 24.4 Å². The van der Waals surface area contributed by atoms with Gasteiger partial charge in [0, 0.05) is 6.61 Å². The quantitative estimate of drug-likeness (QED) is 0.427. The second kappa shape index (κ2) is 3.36. The van der Waals surface area contributed by atoms with Crippen LogP contribution in [0.5, 0.6) is 0 Å². The smallest absolute Gasteiger partial charge is 0.294 e. The van der Waals surface area contributed by atoms with Crippen molar-refractivity contribution in [3.05, 3.63) is 10.1 Å². The normalized spacial score (nSPS) is 24.6. The van der Waals surface area contributed by atoms with Gasteiger partial charge in [0.1, 0.15) is 6.61 Å². The van der Waals surface area contributed by atoms with Crippen molar-refractivity contribution in [1.82, 2.24) is 0 Å². The van der Waals surface area contributed by atoms with Gasteiger partial charge in [-0.2, -0.15) is 0 Å². The minimum Gasteiger partial charge on any atom is -0.376 e. The molecule has 5 heteroatoms. The Labute approximate surface area is 58.0 Å². The van der Waals surface area contributed by atoms with Gasteiger partial charge in [-0.25, -0.2) is 0 Å². The largest absolute Gasteiger partial charge is 0.376 e. The zero-order valence-electron chi connectivity index (χ0n) is 5.49. The molecule has 0 amide bonds. The third-order valence-corrected chi connectivity index (χ3v) is 1.39. The molecule has 1 fully saturated rings. The first-order chi connectivity index (χ1) is 4.79. The van der Waals surface area contributed by atoms with Crippen molar-refractivity contribution in [3.63, 3.8) is 0 Å². The van der Waals surface area contributed by atoms with Crippen LogP contribution in [0, 0.1) is 10.1 Å². The lowest BCUT2D eigenvalue weighted by Gasteiger charge is -2.05. The molecular weight excluding hydrogens is 138 g/mol. The van der Waals surface area contributed by atoms with Crippen molar-refractivity contribution in [1.29, 1.82) is 0 Å². The molecule has 58 valence electrons. The number of ether oxygens (including phenoxy) is 1. The van der Waals surface area contributed by atoms with E-state index in [0.29, 0.717) is 6.61 Å². The second-order valence-electron chi connectivity index (χ2n) is 2.15. The highest BCUT2D eigenvalue weighted by atomic mass is 17.0. The molecule has 0 spiro atoms. The lowest BCUT2D eigenvalue weighted by atomic mass is 10.2. The van der Waals surface area contributed by atoms with Crippen LogP contribution in [-0.2, 0) is 9.57 Å². The van der Waals surface area contributed by atoms with Gasteiger partial charge >= 0.3 is 0 Å². The van der Waals surface area contributed by atoms with E-state index < -0.39 is 5.09 Å². The van der Waals surface area contributed by atoms with Crippen molar-refractivity contribution in [2.24, 2.45) is 0 Å². The Hall–Kier alpha value is -0.840. The molecule has 1 aliphatic heterocycles. The molecule has 5 nitrogen and oxygen atoms in total. The molecule has 0 aromatic rings. The van der Waals surface area contributed by atoms with Gasteiger partial charge in [0.2, 0.25) is 0 Å². The van der Waals surface area contributed by atoms with Crippen LogP contribution in [0.15, 0.2) is 0 Å². The third kappa shape index (κ3) is 2.18. The molecule has 0 radical (unpaired) electrons. The first-order valence-corrected chi connectivity index (χ1v) is 3.18. The average Bonchev–Trinajstić information content (AvgIpc) is 2.34. The predicted octanol–water partition coefficient (Wildman–Crippen LogP) is 0.374. The third-order valence-electron chi connectivity index (χ3n) is 1.39. The summed E-state index contributed by atoms with van der Waals surface area (Å²) in [6.07, 6.45) is 1.78. The molecule has 1 heterocycles. The van der Waals surface area contributed by atoms with Gasteiger partial charge in [0.15, 0.2) is 0 Å². The molecule has 1 rings (SSSR count). The van der Waals surface area contributed by atoms with Crippen LogP contribution in [0.1, 0.15) is 12.8 Å². The summed E-state index contributed by atoms with van der Waals surface area (Å²) in [6, 6.07) is 0. The monoisotopic (exact) mass is 147 g/mol. The first kappa shape index (κ1) is 7.27. The standard InChI is InChI=1S/C5H9NO4/c7-6(8)10-4-5-2-1-3-9-5/h5H,1-4H2. The Kier molecular flexibility index (Phi) is 2.44. The summed E-state index contributed by atoms with van der Waals surface area (Å²) in [5.41, 5.74) is 0. The van der Waals surface area contributed by atoms with Crippen LogP contribution in [0.3, 0.4) is 0 Å². The van der Waals surface area contributed by atoms with Crippen molar-refractivity contribution in [2.75, 3.05) is 13.2 Å².